The number of ether oxygens (including phenoxy) is 2. The molecular weight excluding hydrogens is 286 g/mol. The Labute approximate surface area is 133 Å². The lowest BCUT2D eigenvalue weighted by Crippen LogP contribution is -2.41. The summed E-state index contributed by atoms with van der Waals surface area (Å²) in [5, 5.41) is 4.23. The highest BCUT2D eigenvalue weighted by molar-refractivity contribution is 6.32. The summed E-state index contributed by atoms with van der Waals surface area (Å²) in [4.78, 5) is 0. The van der Waals surface area contributed by atoms with Crippen LogP contribution in [-0.4, -0.2) is 18.8 Å². The summed E-state index contributed by atoms with van der Waals surface area (Å²) in [6.45, 7) is 13.2. The Morgan fingerprint density at radius 3 is 2.43 bits per heavy atom. The van der Waals surface area contributed by atoms with E-state index in [0.29, 0.717) is 29.4 Å². The first-order valence-electron chi connectivity index (χ1n) is 7.49. The number of halogens is 1. The maximum absolute atomic E-state index is 6.27. The molecule has 0 unspecified atom stereocenters. The van der Waals surface area contributed by atoms with Crippen molar-refractivity contribution < 1.29 is 9.47 Å². The molecule has 1 aliphatic heterocycles. The third-order valence-corrected chi connectivity index (χ3v) is 3.68. The third kappa shape index (κ3) is 4.79. The fourth-order valence-electron chi connectivity index (χ4n) is 3.00. The molecule has 1 aromatic rings. The van der Waals surface area contributed by atoms with Crippen LogP contribution in [0.25, 0.3) is 0 Å². The topological polar surface area (TPSA) is 30.5 Å². The lowest BCUT2D eigenvalue weighted by atomic mass is 9.82. The van der Waals surface area contributed by atoms with E-state index in [1.807, 2.05) is 12.1 Å². The van der Waals surface area contributed by atoms with E-state index < -0.39 is 0 Å². The van der Waals surface area contributed by atoms with E-state index >= 15 is 0 Å². The van der Waals surface area contributed by atoms with Gasteiger partial charge in [0.2, 0.25) is 0 Å². The molecular formula is C17H26ClNO2. The van der Waals surface area contributed by atoms with E-state index in [0.717, 1.165) is 24.3 Å². The third-order valence-electron chi connectivity index (χ3n) is 3.40. The van der Waals surface area contributed by atoms with Gasteiger partial charge in [-0.2, -0.15) is 0 Å². The summed E-state index contributed by atoms with van der Waals surface area (Å²) in [5.74, 6) is 1.42. The van der Waals surface area contributed by atoms with Gasteiger partial charge >= 0.3 is 0 Å². The number of hydrogen-bond acceptors (Lipinski definition) is 3. The smallest absolute Gasteiger partial charge is 0.179 e. The molecule has 1 N–H and O–H groups in total. The van der Waals surface area contributed by atoms with Gasteiger partial charge in [0.15, 0.2) is 11.5 Å². The molecule has 0 fully saturated rings. The lowest BCUT2D eigenvalue weighted by Gasteiger charge is -2.33. The molecule has 0 bridgehead atoms. The highest BCUT2D eigenvalue weighted by Crippen LogP contribution is 2.38. The van der Waals surface area contributed by atoms with Gasteiger partial charge in [-0.15, -0.1) is 0 Å². The van der Waals surface area contributed by atoms with Crippen LogP contribution in [-0.2, 0) is 6.54 Å². The second-order valence-electron chi connectivity index (χ2n) is 7.58. The number of fused-ring (bicyclic) bond motifs is 1. The first-order chi connectivity index (χ1) is 9.66. The molecule has 1 heterocycles. The van der Waals surface area contributed by atoms with E-state index in [9.17, 15) is 0 Å². The van der Waals surface area contributed by atoms with Gasteiger partial charge in [0, 0.05) is 12.1 Å². The molecule has 21 heavy (non-hydrogen) atoms. The van der Waals surface area contributed by atoms with Gasteiger partial charge in [0.1, 0.15) is 13.2 Å². The Hall–Kier alpha value is -0.930. The van der Waals surface area contributed by atoms with Gasteiger partial charge in [-0.25, -0.2) is 0 Å². The van der Waals surface area contributed by atoms with Crippen LogP contribution in [0, 0.1) is 5.41 Å². The molecule has 1 aliphatic rings. The molecule has 0 aliphatic carbocycles. The molecule has 0 spiro atoms. The average Bonchev–Trinajstić information content (AvgIpc) is 2.34. The van der Waals surface area contributed by atoms with Gasteiger partial charge in [-0.3, -0.25) is 0 Å². The summed E-state index contributed by atoms with van der Waals surface area (Å²) < 4.78 is 11.2. The Balaban J connectivity index is 2.05. The predicted molar refractivity (Wildman–Crippen MR) is 87.4 cm³/mol. The maximum Gasteiger partial charge on any atom is 0.179 e. The van der Waals surface area contributed by atoms with Crippen molar-refractivity contribution in [3.8, 4) is 11.5 Å². The summed E-state index contributed by atoms with van der Waals surface area (Å²) in [5.41, 5.74) is 1.48. The maximum atomic E-state index is 6.27. The van der Waals surface area contributed by atoms with Crippen molar-refractivity contribution in [2.75, 3.05) is 13.2 Å². The molecule has 118 valence electrons. The molecule has 0 amide bonds. The van der Waals surface area contributed by atoms with Crippen molar-refractivity contribution in [3.63, 3.8) is 0 Å². The van der Waals surface area contributed by atoms with Gasteiger partial charge in [0.25, 0.3) is 0 Å². The molecule has 0 saturated heterocycles. The van der Waals surface area contributed by atoms with Gasteiger partial charge < -0.3 is 14.8 Å². The normalized spacial score (nSPS) is 15.1. The van der Waals surface area contributed by atoms with E-state index in [4.69, 9.17) is 21.1 Å². The van der Waals surface area contributed by atoms with E-state index in [2.05, 4.69) is 39.9 Å². The van der Waals surface area contributed by atoms with Crippen molar-refractivity contribution in [1.29, 1.82) is 0 Å². The van der Waals surface area contributed by atoms with Crippen molar-refractivity contribution in [2.24, 2.45) is 5.41 Å². The molecule has 0 radical (unpaired) electrons. The van der Waals surface area contributed by atoms with Crippen LogP contribution in [0.3, 0.4) is 0 Å². The monoisotopic (exact) mass is 311 g/mol. The SMILES string of the molecule is CC(C)(C)CC(C)(C)NCc1cc(Cl)c2c(c1)OCCO2. The Morgan fingerprint density at radius 1 is 1.10 bits per heavy atom. The molecule has 4 heteroatoms. The molecule has 0 aromatic heterocycles. The van der Waals surface area contributed by atoms with Crippen LogP contribution >= 0.6 is 11.6 Å². The minimum absolute atomic E-state index is 0.0674. The van der Waals surface area contributed by atoms with Crippen LogP contribution in [0.2, 0.25) is 5.02 Å². The van der Waals surface area contributed by atoms with Crippen molar-refractivity contribution in [1.82, 2.24) is 5.32 Å². The minimum atomic E-state index is 0.0674. The number of nitrogens with one attached hydrogen (secondary N) is 1. The average molecular weight is 312 g/mol. The zero-order valence-corrected chi connectivity index (χ0v) is 14.4. The summed E-state index contributed by atoms with van der Waals surface area (Å²) in [6.07, 6.45) is 1.10. The van der Waals surface area contributed by atoms with Crippen LogP contribution in [0.5, 0.6) is 11.5 Å². The fourth-order valence-corrected chi connectivity index (χ4v) is 3.28. The summed E-state index contributed by atoms with van der Waals surface area (Å²) >= 11 is 6.27. The van der Waals surface area contributed by atoms with Gasteiger partial charge in [-0.05, 0) is 43.4 Å². The Bertz CT molecular complexity index is 506. The molecule has 2 rings (SSSR count). The number of benzene rings is 1. The highest BCUT2D eigenvalue weighted by atomic mass is 35.5. The standard InChI is InChI=1S/C17H26ClNO2/c1-16(2,3)11-17(4,5)19-10-12-8-13(18)15-14(9-12)20-6-7-21-15/h8-9,19H,6-7,10-11H2,1-5H3. The number of hydrogen-bond donors (Lipinski definition) is 1. The molecule has 3 nitrogen and oxygen atoms in total. The summed E-state index contributed by atoms with van der Waals surface area (Å²) in [6, 6.07) is 3.97. The van der Waals surface area contributed by atoms with Crippen LogP contribution in [0.1, 0.15) is 46.6 Å². The lowest BCUT2D eigenvalue weighted by molar-refractivity contribution is 0.171. The first-order valence-corrected chi connectivity index (χ1v) is 7.87. The molecule has 0 saturated carbocycles. The highest BCUT2D eigenvalue weighted by Gasteiger charge is 2.25. The molecule has 0 atom stereocenters. The first kappa shape index (κ1) is 16.4. The van der Waals surface area contributed by atoms with E-state index in [1.54, 1.807) is 0 Å². The number of rotatable bonds is 4. The predicted octanol–water partition coefficient (Wildman–Crippen LogP) is 4.42. The second kappa shape index (κ2) is 6.05. The van der Waals surface area contributed by atoms with E-state index in [1.165, 1.54) is 0 Å². The van der Waals surface area contributed by atoms with Crippen molar-refractivity contribution >= 4 is 11.6 Å². The zero-order valence-electron chi connectivity index (χ0n) is 13.7. The van der Waals surface area contributed by atoms with Crippen LogP contribution in [0.15, 0.2) is 12.1 Å². The zero-order chi connectivity index (χ0) is 15.7. The Kier molecular flexibility index (Phi) is 4.74. The largest absolute Gasteiger partial charge is 0.486 e. The molecule has 1 aromatic carbocycles. The van der Waals surface area contributed by atoms with Gasteiger partial charge in [-0.1, -0.05) is 32.4 Å². The quantitative estimate of drug-likeness (QED) is 0.893. The summed E-state index contributed by atoms with van der Waals surface area (Å²) in [7, 11) is 0. The van der Waals surface area contributed by atoms with Gasteiger partial charge in [0.05, 0.1) is 5.02 Å². The van der Waals surface area contributed by atoms with Crippen LogP contribution in [0.4, 0.5) is 0 Å². The van der Waals surface area contributed by atoms with Crippen molar-refractivity contribution in [2.45, 2.75) is 53.1 Å². The minimum Gasteiger partial charge on any atom is -0.486 e. The fraction of sp³-hybridized carbons (Fsp3) is 0.647. The second-order valence-corrected chi connectivity index (χ2v) is 7.98. The Morgan fingerprint density at radius 2 is 1.76 bits per heavy atom. The van der Waals surface area contributed by atoms with Crippen molar-refractivity contribution in [3.05, 3.63) is 22.7 Å². The van der Waals surface area contributed by atoms with Crippen LogP contribution < -0.4 is 14.8 Å². The van der Waals surface area contributed by atoms with E-state index in [-0.39, 0.29) is 5.54 Å².